The Labute approximate surface area is 519 Å². The summed E-state index contributed by atoms with van der Waals surface area (Å²) >= 11 is 6.38. The normalized spacial score (nSPS) is 20.0. The van der Waals surface area contributed by atoms with Gasteiger partial charge in [0, 0.05) is 89.2 Å². The third-order valence-electron chi connectivity index (χ3n) is 18.8. The number of rotatable bonds is 12. The molecule has 0 spiro atoms. The highest BCUT2D eigenvalue weighted by Gasteiger charge is 2.34. The minimum atomic E-state index is -1.10. The summed E-state index contributed by atoms with van der Waals surface area (Å²) in [5.74, 6) is 0.0814. The van der Waals surface area contributed by atoms with E-state index in [1.165, 1.54) is 116 Å². The van der Waals surface area contributed by atoms with Gasteiger partial charge in [0.05, 0.1) is 76.5 Å². The zero-order valence-electron chi connectivity index (χ0n) is 51.8. The molecule has 6 aromatic rings. The predicted molar refractivity (Wildman–Crippen MR) is 346 cm³/mol. The van der Waals surface area contributed by atoms with Crippen LogP contribution in [-0.2, 0) is 9.47 Å². The number of benzene rings is 2. The molecule has 0 bridgehead atoms. The van der Waals surface area contributed by atoms with Crippen molar-refractivity contribution in [3.05, 3.63) is 101 Å². The molecule has 0 atom stereocenters. The lowest BCUT2D eigenvalue weighted by Crippen LogP contribution is -2.49. The van der Waals surface area contributed by atoms with Crippen LogP contribution >= 0.6 is 11.6 Å². The van der Waals surface area contributed by atoms with Gasteiger partial charge in [-0.2, -0.15) is 10.2 Å². The average molecular weight is 1210 g/mol. The number of piperidine rings is 2. The van der Waals surface area contributed by atoms with Crippen LogP contribution in [0.1, 0.15) is 161 Å². The second-order valence-electron chi connectivity index (χ2n) is 24.1. The van der Waals surface area contributed by atoms with Crippen LogP contribution in [-0.4, -0.2) is 207 Å². The van der Waals surface area contributed by atoms with E-state index in [0.717, 1.165) is 156 Å². The van der Waals surface area contributed by atoms with E-state index >= 15 is 0 Å². The van der Waals surface area contributed by atoms with Crippen molar-refractivity contribution < 1.29 is 29.3 Å². The summed E-state index contributed by atoms with van der Waals surface area (Å²) in [5.41, 5.74) is 5.88. The number of carbonyl (C=O) groups is 2. The standard InChI is InChI=1S/C26H31N5O3.C17H14ClN3O2.C9H18N2O.C9H16N2.C6H15N/c32-26(33)21-17-22(30-11-9-19(10-12-30)29-13-15-34-16-14-29)23-24(18-5-4-6-18)28-31(25(23)27-21)20-7-2-1-3-8-20;18-12-9-13(17(22)23)19-16-14(12)15(10-5-4-6-10)20-21(16)11-7-2-1-3-8-11;1-3-10-4-2-9(1)11-5-7-12-8-6-11;1-2-5-9-10-6-4-8-11(9)7-3-1;1-4-7(5-2)6-3/h1-3,7-8,17-19H,4-6,9-16H2,(H,32,33);1-3,7-10H,4-6H2,(H,22,23);9-10H,1-8H2;1-8H2;4-6H2,1-3H3. The van der Waals surface area contributed by atoms with Gasteiger partial charge in [0.15, 0.2) is 22.7 Å². The summed E-state index contributed by atoms with van der Waals surface area (Å²) in [7, 11) is 0. The van der Waals surface area contributed by atoms with Crippen molar-refractivity contribution in [2.75, 3.05) is 123 Å². The summed E-state index contributed by atoms with van der Waals surface area (Å²) < 4.78 is 14.4. The number of nitrogens with one attached hydrogen (secondary N) is 1. The summed E-state index contributed by atoms with van der Waals surface area (Å²) in [6.45, 7) is 25.7. The quantitative estimate of drug-likeness (QED) is 0.105. The molecule has 19 nitrogen and oxygen atoms in total. The number of pyridine rings is 2. The Hall–Kier alpha value is -6.06. The summed E-state index contributed by atoms with van der Waals surface area (Å²) in [5, 5.41) is 34.5. The fraction of sp³-hybridized carbons (Fsp3) is 0.597. The highest BCUT2D eigenvalue weighted by atomic mass is 35.5. The minimum absolute atomic E-state index is 0.0697. The summed E-state index contributed by atoms with van der Waals surface area (Å²) in [4.78, 5) is 49.2. The van der Waals surface area contributed by atoms with Crippen molar-refractivity contribution in [3.63, 3.8) is 0 Å². The van der Waals surface area contributed by atoms with Gasteiger partial charge in [-0.1, -0.05) is 88.0 Å². The van der Waals surface area contributed by atoms with Gasteiger partial charge in [0.25, 0.3) is 0 Å². The average Bonchev–Trinajstić information content (AvgIpc) is 1.68. The van der Waals surface area contributed by atoms with Crippen molar-refractivity contribution in [1.82, 2.24) is 54.4 Å². The number of nitrogens with zero attached hydrogens (tertiary/aromatic N) is 12. The molecule has 0 radical (unpaired) electrons. The Morgan fingerprint density at radius 1 is 0.575 bits per heavy atom. The number of anilines is 1. The predicted octanol–water partition coefficient (Wildman–Crippen LogP) is 10.8. The van der Waals surface area contributed by atoms with Gasteiger partial charge in [0.2, 0.25) is 0 Å². The number of aromatic nitrogens is 6. The molecule has 2 saturated carbocycles. The number of ether oxygens (including phenoxy) is 2. The zero-order valence-corrected chi connectivity index (χ0v) is 52.6. The lowest BCUT2D eigenvalue weighted by atomic mass is 9.82. The number of morpholine rings is 2. The molecule has 87 heavy (non-hydrogen) atoms. The number of hydrogen-bond donors (Lipinski definition) is 3. The van der Waals surface area contributed by atoms with Gasteiger partial charge < -0.3 is 39.7 Å². The lowest BCUT2D eigenvalue weighted by Gasteiger charge is -2.41. The van der Waals surface area contributed by atoms with Crippen LogP contribution in [0.5, 0.6) is 0 Å². The van der Waals surface area contributed by atoms with E-state index in [1.54, 1.807) is 10.7 Å². The Balaban J connectivity index is 0.000000135. The summed E-state index contributed by atoms with van der Waals surface area (Å²) in [6, 6.07) is 24.1. The molecule has 3 N–H and O–H groups in total. The maximum Gasteiger partial charge on any atom is 0.354 e. The molecule has 8 aliphatic rings. The van der Waals surface area contributed by atoms with Crippen LogP contribution in [0.3, 0.4) is 0 Å². The molecule has 14 rings (SSSR count). The molecular weight excluding hydrogens is 1120 g/mol. The van der Waals surface area contributed by atoms with Crippen molar-refractivity contribution >= 4 is 57.1 Å². The molecular formula is C67H94ClN13O6. The highest BCUT2D eigenvalue weighted by Crippen LogP contribution is 2.44. The number of para-hydroxylation sites is 2. The first-order valence-corrected chi connectivity index (χ1v) is 33.2. The monoisotopic (exact) mass is 1210 g/mol. The van der Waals surface area contributed by atoms with Crippen molar-refractivity contribution in [1.29, 1.82) is 0 Å². The first kappa shape index (κ1) is 63.9. The Morgan fingerprint density at radius 2 is 1.07 bits per heavy atom. The minimum Gasteiger partial charge on any atom is -0.477 e. The molecule has 4 aromatic heterocycles. The SMILES string of the molecule is C1CC(N2CCOCC2)CCN1.C1CCC2=NCCCN2CC1.CCN(CC)CC.O=C(O)c1cc(Cl)c2c(C3CCC3)nn(-c3ccccc3)c2n1.O=C(O)c1cc(N2CCC(N3CCOCC3)CC2)c2c(C3CCC3)nn(-c3ccccc3)c2n1. The molecule has 20 heteroatoms. The second-order valence-corrected chi connectivity index (χ2v) is 24.5. The van der Waals surface area contributed by atoms with Gasteiger partial charge in [-0.25, -0.2) is 28.9 Å². The second kappa shape index (κ2) is 31.9. The van der Waals surface area contributed by atoms with Gasteiger partial charge in [-0.3, -0.25) is 14.8 Å². The van der Waals surface area contributed by atoms with E-state index in [-0.39, 0.29) is 11.4 Å². The molecule has 5 saturated heterocycles. The molecule has 0 amide bonds. The fourth-order valence-corrected chi connectivity index (χ4v) is 13.5. The molecule has 10 heterocycles. The van der Waals surface area contributed by atoms with Crippen molar-refractivity contribution in [2.45, 2.75) is 141 Å². The van der Waals surface area contributed by atoms with E-state index in [1.807, 2.05) is 65.3 Å². The Morgan fingerprint density at radius 3 is 1.56 bits per heavy atom. The van der Waals surface area contributed by atoms with Crippen LogP contribution < -0.4 is 10.2 Å². The molecule has 2 aliphatic carbocycles. The number of amidine groups is 1. The number of hydrogen-bond acceptors (Lipinski definition) is 15. The Bertz CT molecular complexity index is 3140. The van der Waals surface area contributed by atoms with E-state index in [9.17, 15) is 19.8 Å². The number of aliphatic imine (C=N–C) groups is 1. The largest absolute Gasteiger partial charge is 0.477 e. The van der Waals surface area contributed by atoms with Gasteiger partial charge in [0.1, 0.15) is 0 Å². The number of carboxylic acids is 2. The van der Waals surface area contributed by atoms with Crippen LogP contribution in [0.15, 0.2) is 77.8 Å². The molecule has 2 aromatic carbocycles. The van der Waals surface area contributed by atoms with Crippen LogP contribution in [0.25, 0.3) is 33.4 Å². The van der Waals surface area contributed by atoms with Crippen molar-refractivity contribution in [2.24, 2.45) is 4.99 Å². The van der Waals surface area contributed by atoms with E-state index in [0.29, 0.717) is 34.2 Å². The van der Waals surface area contributed by atoms with Gasteiger partial charge in [-0.05, 0) is 140 Å². The maximum absolute atomic E-state index is 12.1. The third kappa shape index (κ3) is 16.2. The summed E-state index contributed by atoms with van der Waals surface area (Å²) in [6.07, 6.45) is 18.2. The first-order chi connectivity index (χ1) is 42.6. The van der Waals surface area contributed by atoms with E-state index in [2.05, 4.69) is 65.5 Å². The molecule has 7 fully saturated rings. The molecule has 0 unspecified atom stereocenters. The van der Waals surface area contributed by atoms with Crippen LogP contribution in [0.4, 0.5) is 5.69 Å². The number of carboxylic acid groups (broad SMARTS) is 2. The van der Waals surface area contributed by atoms with Gasteiger partial charge in [-0.15, -0.1) is 0 Å². The number of aromatic carboxylic acids is 2. The first-order valence-electron chi connectivity index (χ1n) is 32.8. The molecule has 470 valence electrons. The van der Waals surface area contributed by atoms with E-state index < -0.39 is 11.9 Å². The maximum atomic E-state index is 12.1. The zero-order chi connectivity index (χ0) is 60.5. The highest BCUT2D eigenvalue weighted by molar-refractivity contribution is 6.35. The van der Waals surface area contributed by atoms with Gasteiger partial charge >= 0.3 is 11.9 Å². The van der Waals surface area contributed by atoms with Crippen LogP contribution in [0, 0.1) is 0 Å². The fourth-order valence-electron chi connectivity index (χ4n) is 13.3. The van der Waals surface area contributed by atoms with Crippen LogP contribution in [0.2, 0.25) is 5.02 Å². The smallest absolute Gasteiger partial charge is 0.354 e. The third-order valence-corrected chi connectivity index (χ3v) is 19.1. The lowest BCUT2D eigenvalue weighted by molar-refractivity contribution is 0.0101. The molecule has 6 aliphatic heterocycles. The van der Waals surface area contributed by atoms with E-state index in [4.69, 9.17) is 31.3 Å². The number of fused-ring (bicyclic) bond motifs is 3. The van der Waals surface area contributed by atoms with Crippen molar-refractivity contribution in [3.8, 4) is 11.4 Å². The number of halogens is 1. The topological polar surface area (TPSA) is 195 Å². The Kier molecular flexibility index (Phi) is 23.5.